The molecule has 11 rings (SSSR count). The van der Waals surface area contributed by atoms with E-state index in [0.717, 1.165) is 55.9 Å². The number of nitrogens with zero attached hydrogens (tertiary/aromatic N) is 4. The predicted molar refractivity (Wildman–Crippen MR) is 336 cm³/mol. The molecule has 3 heterocycles. The Bertz CT molecular complexity index is 3860. The van der Waals surface area contributed by atoms with Gasteiger partial charge in [-0.15, -0.1) is 53.6 Å². The van der Waals surface area contributed by atoms with Crippen LogP contribution in [0.1, 0.15) is 154 Å². The molecule has 0 radical (unpaired) electrons. The van der Waals surface area contributed by atoms with E-state index in [-0.39, 0.29) is 48.1 Å². The van der Waals surface area contributed by atoms with Crippen LogP contribution in [0, 0.1) is 18.8 Å². The fraction of sp³-hybridized carbons (Fsp3) is 0.280. The van der Waals surface area contributed by atoms with Crippen molar-refractivity contribution in [2.75, 3.05) is 9.80 Å². The van der Waals surface area contributed by atoms with Crippen molar-refractivity contribution in [2.45, 2.75) is 136 Å². The van der Waals surface area contributed by atoms with Crippen LogP contribution < -0.4 is 14.5 Å². The molecule has 0 aliphatic carbocycles. The summed E-state index contributed by atoms with van der Waals surface area (Å²) < 4.78 is 9.41. The van der Waals surface area contributed by atoms with Crippen LogP contribution in [-0.4, -0.2) is 9.55 Å². The largest absolute Gasteiger partial charge is 0.509 e. The molecule has 0 saturated carbocycles. The Hall–Kier alpha value is -7.20. The van der Waals surface area contributed by atoms with Crippen LogP contribution in [0.4, 0.5) is 22.7 Å². The van der Waals surface area contributed by atoms with Crippen molar-refractivity contribution in [1.29, 1.82) is 0 Å². The molecule has 1 aliphatic heterocycles. The normalized spacial score (nSPS) is 13.4. The van der Waals surface area contributed by atoms with Gasteiger partial charge in [0.15, 0.2) is 0 Å². The molecule has 1 aliphatic rings. The maximum Gasteiger partial charge on any atom is 0.135 e. The van der Waals surface area contributed by atoms with Crippen LogP contribution in [0.2, 0.25) is 0 Å². The molecule has 0 spiro atoms. The van der Waals surface area contributed by atoms with E-state index in [0.29, 0.717) is 11.5 Å². The van der Waals surface area contributed by atoms with Gasteiger partial charge in [-0.25, -0.2) is 4.98 Å². The number of fused-ring (bicyclic) bond motifs is 4. The fourth-order valence-corrected chi connectivity index (χ4v) is 11.4. The fourth-order valence-electron chi connectivity index (χ4n) is 11.4. The first-order valence-electron chi connectivity index (χ1n) is 28.4. The maximum atomic E-state index is 7.16. The van der Waals surface area contributed by atoms with Crippen LogP contribution in [0.3, 0.4) is 0 Å². The summed E-state index contributed by atoms with van der Waals surface area (Å²) in [6.45, 7) is 36.7. The van der Waals surface area contributed by atoms with Crippen molar-refractivity contribution in [3.8, 4) is 17.3 Å². The predicted octanol–water partition coefficient (Wildman–Crippen LogP) is 19.8. The quantitative estimate of drug-likeness (QED) is 0.121. The van der Waals surface area contributed by atoms with Gasteiger partial charge in [-0.05, 0) is 114 Å². The summed E-state index contributed by atoms with van der Waals surface area (Å²) in [4.78, 5) is 9.72. The minimum Gasteiger partial charge on any atom is -0.509 e. The first kappa shape index (κ1) is 57.0. The molecule has 10 aromatic rings. The first-order valence-corrected chi connectivity index (χ1v) is 28.4. The number of benzene rings is 8. The van der Waals surface area contributed by atoms with E-state index in [1.807, 2.05) is 6.20 Å². The van der Waals surface area contributed by atoms with Crippen LogP contribution >= 0.6 is 0 Å². The Labute approximate surface area is 497 Å². The van der Waals surface area contributed by atoms with Crippen molar-refractivity contribution < 1.29 is 25.8 Å². The molecule has 2 aromatic heterocycles. The standard InChI is InChI=1S/C75H77N4O.Pt/c1-70(2,3)53-31-35-65-64(44-53)63-34-33-61(48-67(63)79(65)69-46-55(37-38-76-69)72(7,8)9)80-62-43-58(75(14,15)52-29-23-18-24-30-52)42-60(47-62)77-49-78(68-45-54(71(4,5)6)32-36-66(68)77)59-40-56(73(10,11)50-25-19-16-20-26-50)39-57(41-59)74(12,13)51-27-21-17-22-28-51;/h16-46,49H,1-15H3;/q-3;. The smallest absolute Gasteiger partial charge is 0.135 e. The molecule has 0 unspecified atom stereocenters. The first-order chi connectivity index (χ1) is 37.8. The molecule has 0 fully saturated rings. The van der Waals surface area contributed by atoms with Crippen molar-refractivity contribution in [3.63, 3.8) is 0 Å². The average Bonchev–Trinajstić information content (AvgIpc) is 4.22. The molecule has 0 bridgehead atoms. The molecule has 416 valence electrons. The van der Waals surface area contributed by atoms with Gasteiger partial charge in [0.2, 0.25) is 0 Å². The van der Waals surface area contributed by atoms with Gasteiger partial charge in [0, 0.05) is 72.2 Å². The zero-order chi connectivity index (χ0) is 56.7. The van der Waals surface area contributed by atoms with Gasteiger partial charge in [0.05, 0.1) is 0 Å². The van der Waals surface area contributed by atoms with Crippen LogP contribution in [0.15, 0.2) is 188 Å². The van der Waals surface area contributed by atoms with Gasteiger partial charge in [0.25, 0.3) is 0 Å². The molecular formula is C75H77N4OPt-3. The van der Waals surface area contributed by atoms with Gasteiger partial charge < -0.3 is 19.1 Å². The van der Waals surface area contributed by atoms with E-state index in [9.17, 15) is 0 Å². The van der Waals surface area contributed by atoms with Crippen molar-refractivity contribution >= 4 is 44.6 Å². The summed E-state index contributed by atoms with van der Waals surface area (Å²) in [6.07, 6.45) is 1.93. The van der Waals surface area contributed by atoms with Gasteiger partial charge in [-0.3, -0.25) is 0 Å². The molecule has 8 aromatic carbocycles. The zero-order valence-electron chi connectivity index (χ0n) is 50.0. The molecule has 81 heavy (non-hydrogen) atoms. The maximum absolute atomic E-state index is 7.16. The van der Waals surface area contributed by atoms with Crippen LogP contribution in [0.5, 0.6) is 11.5 Å². The Morgan fingerprint density at radius 1 is 0.395 bits per heavy atom. The molecule has 0 atom stereocenters. The molecule has 6 heteroatoms. The number of ether oxygens (including phenoxy) is 1. The second kappa shape index (κ2) is 21.0. The Balaban J connectivity index is 0.00000736. The topological polar surface area (TPSA) is 33.5 Å². The summed E-state index contributed by atoms with van der Waals surface area (Å²) in [5.74, 6) is 2.04. The van der Waals surface area contributed by atoms with Crippen LogP contribution in [-0.2, 0) is 53.6 Å². The minimum atomic E-state index is -0.411. The van der Waals surface area contributed by atoms with E-state index in [1.165, 1.54) is 44.5 Å². The van der Waals surface area contributed by atoms with E-state index >= 15 is 0 Å². The van der Waals surface area contributed by atoms with Gasteiger partial charge >= 0.3 is 0 Å². The van der Waals surface area contributed by atoms with E-state index in [1.54, 1.807) is 0 Å². The molecular weight excluding hydrogens is 1170 g/mol. The average molecular weight is 1250 g/mol. The number of hydrogen-bond acceptors (Lipinski definition) is 4. The summed E-state index contributed by atoms with van der Waals surface area (Å²) in [5.41, 5.74) is 16.0. The Kier molecular flexibility index (Phi) is 14.8. The number of anilines is 4. The van der Waals surface area contributed by atoms with Gasteiger partial charge in [0.1, 0.15) is 5.82 Å². The third-order valence-electron chi connectivity index (χ3n) is 17.1. The van der Waals surface area contributed by atoms with Crippen LogP contribution in [0.25, 0.3) is 27.6 Å². The number of hydrogen-bond donors (Lipinski definition) is 0. The van der Waals surface area contributed by atoms with Crippen molar-refractivity contribution in [3.05, 3.63) is 257 Å². The third kappa shape index (κ3) is 10.8. The molecule has 0 saturated heterocycles. The van der Waals surface area contributed by atoms with Gasteiger partial charge in [-0.1, -0.05) is 225 Å². The second-order valence-corrected chi connectivity index (χ2v) is 26.8. The van der Waals surface area contributed by atoms with Crippen molar-refractivity contribution in [1.82, 2.24) is 9.55 Å². The third-order valence-corrected chi connectivity index (χ3v) is 17.1. The van der Waals surface area contributed by atoms with E-state index < -0.39 is 5.41 Å². The number of rotatable bonds is 11. The summed E-state index contributed by atoms with van der Waals surface area (Å²) in [7, 11) is 0. The Morgan fingerprint density at radius 3 is 1.44 bits per heavy atom. The summed E-state index contributed by atoms with van der Waals surface area (Å²) >= 11 is 0. The molecule has 5 nitrogen and oxygen atoms in total. The molecule has 0 N–H and O–H groups in total. The number of pyridine rings is 1. The Morgan fingerprint density at radius 2 is 0.901 bits per heavy atom. The van der Waals surface area contributed by atoms with Crippen molar-refractivity contribution in [2.24, 2.45) is 0 Å². The SMILES string of the molecule is CC(C)(C)c1ccnc(-n2c3[c-]c(Oc4[c-]c(N5[CH-]N(c6cc(C(C)(C)c7ccccc7)cc(C(C)(C)c7ccccc7)c6)c6cc(C(C)(C)C)ccc65)cc(C(C)(C)c5ccccc5)c4)ccc3c3cc(C(C)(C)C)ccc32)c1.[Pt]. The zero-order valence-corrected chi connectivity index (χ0v) is 52.3. The monoisotopic (exact) mass is 1240 g/mol. The summed E-state index contributed by atoms with van der Waals surface area (Å²) in [6, 6.07) is 74.3. The minimum absolute atomic E-state index is 0. The second-order valence-electron chi connectivity index (χ2n) is 26.8. The van der Waals surface area contributed by atoms with E-state index in [4.69, 9.17) is 9.72 Å². The van der Waals surface area contributed by atoms with Gasteiger partial charge in [-0.2, -0.15) is 6.07 Å². The van der Waals surface area contributed by atoms with E-state index in [2.05, 4.69) is 319 Å². The molecule has 0 amide bonds. The summed E-state index contributed by atoms with van der Waals surface area (Å²) in [5, 5.41) is 2.25. The number of aromatic nitrogens is 2.